The molecule has 4 atom stereocenters. The van der Waals surface area contributed by atoms with E-state index in [1.165, 1.54) is 30.4 Å². The summed E-state index contributed by atoms with van der Waals surface area (Å²) in [6.45, 7) is 3.89. The van der Waals surface area contributed by atoms with Crippen molar-refractivity contribution in [1.29, 1.82) is 0 Å². The highest BCUT2D eigenvalue weighted by molar-refractivity contribution is 7.99. The van der Waals surface area contributed by atoms with Gasteiger partial charge in [0.05, 0.1) is 12.1 Å². The minimum Gasteiger partial charge on any atom is -0.497 e. The van der Waals surface area contributed by atoms with Crippen LogP contribution in [0, 0.1) is 5.92 Å². The van der Waals surface area contributed by atoms with Crippen molar-refractivity contribution in [3.8, 4) is 0 Å². The van der Waals surface area contributed by atoms with Crippen LogP contribution in [-0.4, -0.2) is 88.4 Å². The number of carbonyl (C=O) groups is 4. The highest BCUT2D eigenvalue weighted by Crippen LogP contribution is 2.26. The highest BCUT2D eigenvalue weighted by Gasteiger charge is 2.48. The van der Waals surface area contributed by atoms with Crippen molar-refractivity contribution >= 4 is 42.6 Å². The minimum atomic E-state index is -1.30. The Morgan fingerprint density at radius 2 is 1.74 bits per heavy atom. The van der Waals surface area contributed by atoms with E-state index in [2.05, 4.69) is 20.6 Å². The van der Waals surface area contributed by atoms with Gasteiger partial charge in [0.2, 0.25) is 5.91 Å². The number of likely N-dealkylation sites (N-methyl/N-ethyl adjacent to an activating group) is 1. The zero-order valence-corrected chi connectivity index (χ0v) is 22.9. The molecular formula is C26H32BN5O6S. The highest BCUT2D eigenvalue weighted by atomic mass is 32.2. The van der Waals surface area contributed by atoms with Crippen LogP contribution in [-0.2, 0) is 30.1 Å². The number of thioether (sulfide) groups is 1. The summed E-state index contributed by atoms with van der Waals surface area (Å²) in [6.07, 6.45) is 4.72. The van der Waals surface area contributed by atoms with Crippen molar-refractivity contribution in [3.05, 3.63) is 60.2 Å². The van der Waals surface area contributed by atoms with Crippen LogP contribution in [0.25, 0.3) is 0 Å². The third-order valence-corrected chi connectivity index (χ3v) is 7.73. The van der Waals surface area contributed by atoms with Crippen LogP contribution in [0.4, 0.5) is 0 Å². The topological polar surface area (TPSA) is 140 Å². The van der Waals surface area contributed by atoms with Crippen LogP contribution >= 0.6 is 11.8 Å². The lowest BCUT2D eigenvalue weighted by molar-refractivity contribution is -0.153. The van der Waals surface area contributed by atoms with Gasteiger partial charge in [0.1, 0.15) is 23.8 Å². The molecule has 3 heterocycles. The van der Waals surface area contributed by atoms with Gasteiger partial charge >= 0.3 is 19.1 Å². The largest absolute Gasteiger partial charge is 0.622 e. The molecule has 2 unspecified atom stereocenters. The van der Waals surface area contributed by atoms with Gasteiger partial charge in [-0.25, -0.2) is 4.98 Å². The number of fused-ring (bicyclic) bond motifs is 2. The van der Waals surface area contributed by atoms with Crippen molar-refractivity contribution < 1.29 is 28.5 Å². The molecule has 1 aromatic heterocycles. The molecule has 2 aromatic rings. The first-order chi connectivity index (χ1) is 18.7. The molecule has 2 amide bonds. The van der Waals surface area contributed by atoms with E-state index in [4.69, 9.17) is 9.31 Å². The zero-order valence-electron chi connectivity index (χ0n) is 22.1. The van der Waals surface area contributed by atoms with Gasteiger partial charge in [0.25, 0.3) is 5.91 Å². The number of carbonyl (C=O) groups excluding carboxylic acids is 4. The summed E-state index contributed by atoms with van der Waals surface area (Å²) in [4.78, 5) is 62.2. The first kappa shape index (κ1) is 28.6. The van der Waals surface area contributed by atoms with Gasteiger partial charge in [-0.15, -0.1) is 0 Å². The van der Waals surface area contributed by atoms with Crippen LogP contribution < -0.4 is 10.6 Å². The Morgan fingerprint density at radius 3 is 2.33 bits per heavy atom. The molecule has 11 nitrogen and oxygen atoms in total. The average Bonchev–Trinajstić information content (AvgIpc) is 2.92. The molecule has 13 heteroatoms. The molecule has 2 aliphatic heterocycles. The maximum absolute atomic E-state index is 13.7. The van der Waals surface area contributed by atoms with Crippen LogP contribution in [0.3, 0.4) is 0 Å². The Balaban J connectivity index is 1.56. The molecule has 2 saturated heterocycles. The molecule has 2 N–H and O–H groups in total. The van der Waals surface area contributed by atoms with E-state index in [0.717, 1.165) is 5.56 Å². The molecular weight excluding hydrogens is 521 g/mol. The molecule has 0 spiro atoms. The number of nitrogens with one attached hydrogen (secondary N) is 2. The lowest BCUT2D eigenvalue weighted by Crippen LogP contribution is -2.63. The normalized spacial score (nSPS) is 21.2. The smallest absolute Gasteiger partial charge is 0.497 e. The maximum atomic E-state index is 13.7. The van der Waals surface area contributed by atoms with E-state index in [0.29, 0.717) is 17.9 Å². The summed E-state index contributed by atoms with van der Waals surface area (Å²) in [5.74, 6) is -1.84. The molecule has 0 aliphatic carbocycles. The zero-order chi connectivity index (χ0) is 27.9. The number of nitrogens with zero attached hydrogens (tertiary/aromatic N) is 3. The van der Waals surface area contributed by atoms with Gasteiger partial charge in [-0.3, -0.25) is 29.1 Å². The fourth-order valence-corrected chi connectivity index (χ4v) is 5.85. The van der Waals surface area contributed by atoms with E-state index < -0.39 is 54.9 Å². The summed E-state index contributed by atoms with van der Waals surface area (Å²) in [6, 6.07) is 7.09. The van der Waals surface area contributed by atoms with Crippen LogP contribution in [0.5, 0.6) is 0 Å². The molecule has 2 bridgehead atoms. The number of aromatic nitrogens is 2. The van der Waals surface area contributed by atoms with Crippen molar-refractivity contribution in [2.75, 3.05) is 18.6 Å². The molecule has 2 aliphatic rings. The average molecular weight is 553 g/mol. The lowest BCUT2D eigenvalue weighted by Gasteiger charge is -2.40. The van der Waals surface area contributed by atoms with Crippen molar-refractivity contribution in [3.63, 3.8) is 0 Å². The fraction of sp³-hybridized carbons (Fsp3) is 0.462. The third-order valence-electron chi connectivity index (χ3n) is 6.63. The summed E-state index contributed by atoms with van der Waals surface area (Å²) in [5.41, 5.74) is 0.896. The van der Waals surface area contributed by atoms with E-state index in [1.807, 2.05) is 44.2 Å². The second kappa shape index (κ2) is 13.1. The SMILES string of the molecule is CC(C)CC(NC(=O)C(Cc1ccccc1)NC(=O)c1cnccn1)B1OC(=O)[C@H]2CSC[C@H](C(=O)O1)N2C. The molecule has 4 rings (SSSR count). The van der Waals surface area contributed by atoms with Crippen molar-refractivity contribution in [2.24, 2.45) is 5.92 Å². The molecule has 206 valence electrons. The Hall–Kier alpha value is -3.45. The first-order valence-corrected chi connectivity index (χ1v) is 14.0. The third kappa shape index (κ3) is 7.36. The second-order valence-corrected chi connectivity index (χ2v) is 11.1. The van der Waals surface area contributed by atoms with E-state index in [-0.39, 0.29) is 18.0 Å². The van der Waals surface area contributed by atoms with Gasteiger partial charge in [-0.2, -0.15) is 11.8 Å². The van der Waals surface area contributed by atoms with Gasteiger partial charge in [0, 0.05) is 30.3 Å². The second-order valence-electron chi connectivity index (χ2n) is 10.0. The molecule has 2 fully saturated rings. The Kier molecular flexibility index (Phi) is 9.57. The maximum Gasteiger partial charge on any atom is 0.622 e. The number of hydrogen-bond donors (Lipinski definition) is 2. The summed E-state index contributed by atoms with van der Waals surface area (Å²) in [5, 5.41) is 5.64. The van der Waals surface area contributed by atoms with Crippen LogP contribution in [0.2, 0.25) is 0 Å². The summed E-state index contributed by atoms with van der Waals surface area (Å²) in [7, 11) is 0.408. The summed E-state index contributed by atoms with van der Waals surface area (Å²) < 4.78 is 11.3. The molecule has 1 aromatic carbocycles. The van der Waals surface area contributed by atoms with E-state index in [1.54, 1.807) is 11.9 Å². The monoisotopic (exact) mass is 553 g/mol. The Labute approximate surface area is 232 Å². The number of rotatable bonds is 9. The number of hydrogen-bond acceptors (Lipinski definition) is 10. The van der Waals surface area contributed by atoms with Gasteiger partial charge in [-0.05, 0) is 24.9 Å². The fourth-order valence-electron chi connectivity index (χ4n) is 4.52. The molecule has 39 heavy (non-hydrogen) atoms. The Bertz CT molecular complexity index is 1150. The van der Waals surface area contributed by atoms with Crippen molar-refractivity contribution in [1.82, 2.24) is 25.5 Å². The summed E-state index contributed by atoms with van der Waals surface area (Å²) >= 11 is 1.50. The number of benzene rings is 1. The quantitative estimate of drug-likeness (QED) is 0.431. The van der Waals surface area contributed by atoms with Crippen molar-refractivity contribution in [2.45, 2.75) is 50.8 Å². The standard InChI is InChI=1S/C26H32BN5O6S/c1-16(2)11-22(27-37-25(35)20-14-39-15-21(32(20)3)26(36)38-27)31-23(33)18(12-17-7-5-4-6-8-17)30-24(34)19-13-28-9-10-29-19/h4-10,13,16,18,20-22H,11-12,14-15H2,1-3H3,(H,30,34)(H,31,33)/t18?,20-,21-,22?/m1/s1. The number of amides is 2. The van der Waals surface area contributed by atoms with Crippen LogP contribution in [0.1, 0.15) is 36.3 Å². The predicted octanol–water partition coefficient (Wildman–Crippen LogP) is 0.892. The molecule has 0 radical (unpaired) electrons. The first-order valence-electron chi connectivity index (χ1n) is 12.8. The Morgan fingerprint density at radius 1 is 1.08 bits per heavy atom. The molecule has 0 saturated carbocycles. The van der Waals surface area contributed by atoms with E-state index in [9.17, 15) is 19.2 Å². The lowest BCUT2D eigenvalue weighted by atomic mass is 9.73. The van der Waals surface area contributed by atoms with Gasteiger partial charge < -0.3 is 19.9 Å². The minimum absolute atomic E-state index is 0.0673. The van der Waals surface area contributed by atoms with Gasteiger partial charge in [0.15, 0.2) is 0 Å². The van der Waals surface area contributed by atoms with Crippen LogP contribution in [0.15, 0.2) is 48.9 Å². The van der Waals surface area contributed by atoms with E-state index >= 15 is 0 Å². The predicted molar refractivity (Wildman–Crippen MR) is 145 cm³/mol. The van der Waals surface area contributed by atoms with Gasteiger partial charge in [-0.1, -0.05) is 44.2 Å².